The second kappa shape index (κ2) is 5.34. The van der Waals surface area contributed by atoms with Crippen molar-refractivity contribution in [1.29, 1.82) is 0 Å². The summed E-state index contributed by atoms with van der Waals surface area (Å²) in [6.07, 6.45) is 1.19. The van der Waals surface area contributed by atoms with Crippen LogP contribution in [0.1, 0.15) is 35.7 Å². The third-order valence-electron chi connectivity index (χ3n) is 3.05. The molecule has 108 valence electrons. The highest BCUT2D eigenvalue weighted by atomic mass is 32.2. The Kier molecular flexibility index (Phi) is 4.42. The van der Waals surface area contributed by atoms with Gasteiger partial charge >= 0.3 is 5.97 Å². The van der Waals surface area contributed by atoms with Crippen LogP contribution < -0.4 is 5.32 Å². The number of nitrogens with one attached hydrogen (secondary N) is 1. The zero-order valence-electron chi connectivity index (χ0n) is 11.5. The van der Waals surface area contributed by atoms with Gasteiger partial charge in [0.15, 0.2) is 9.84 Å². The molecule has 0 radical (unpaired) electrons. The van der Waals surface area contributed by atoms with Crippen molar-refractivity contribution < 1.29 is 22.7 Å². The van der Waals surface area contributed by atoms with Gasteiger partial charge in [-0.2, -0.15) is 0 Å². The molecule has 1 heterocycles. The Labute approximate surface area is 112 Å². The maximum absolute atomic E-state index is 11.5. The van der Waals surface area contributed by atoms with Gasteiger partial charge in [0.25, 0.3) is 0 Å². The van der Waals surface area contributed by atoms with Crippen LogP contribution >= 0.6 is 0 Å². The lowest BCUT2D eigenvalue weighted by molar-refractivity contribution is 0.0695. The zero-order valence-corrected chi connectivity index (χ0v) is 12.3. The molecule has 0 fully saturated rings. The maximum Gasteiger partial charge on any atom is 0.339 e. The van der Waals surface area contributed by atoms with Gasteiger partial charge in [0.1, 0.15) is 17.1 Å². The van der Waals surface area contributed by atoms with Crippen LogP contribution in [0.3, 0.4) is 0 Å². The van der Waals surface area contributed by atoms with Crippen molar-refractivity contribution in [2.75, 3.05) is 12.8 Å². The summed E-state index contributed by atoms with van der Waals surface area (Å²) in [5.41, 5.74) is 0.124. The molecule has 6 nitrogen and oxygen atoms in total. The molecule has 0 aliphatic carbocycles. The van der Waals surface area contributed by atoms with Gasteiger partial charge in [-0.1, -0.05) is 0 Å². The quantitative estimate of drug-likeness (QED) is 0.816. The molecule has 0 spiro atoms. The first-order chi connectivity index (χ1) is 8.54. The van der Waals surface area contributed by atoms with Crippen molar-refractivity contribution in [2.45, 2.75) is 32.1 Å². The largest absolute Gasteiger partial charge is 0.478 e. The Morgan fingerprint density at radius 1 is 1.47 bits per heavy atom. The van der Waals surface area contributed by atoms with Gasteiger partial charge in [0.2, 0.25) is 0 Å². The molecule has 0 saturated heterocycles. The van der Waals surface area contributed by atoms with Crippen molar-refractivity contribution in [2.24, 2.45) is 0 Å². The number of hydrogen-bond acceptors (Lipinski definition) is 5. The van der Waals surface area contributed by atoms with Gasteiger partial charge in [-0.3, -0.25) is 0 Å². The van der Waals surface area contributed by atoms with Crippen LogP contribution in [0.5, 0.6) is 0 Å². The highest BCUT2D eigenvalue weighted by Gasteiger charge is 2.29. The van der Waals surface area contributed by atoms with Gasteiger partial charge in [-0.25, -0.2) is 13.2 Å². The molecule has 0 aromatic carbocycles. The second-order valence-corrected chi connectivity index (χ2v) is 7.77. The van der Waals surface area contributed by atoms with Gasteiger partial charge in [-0.05, 0) is 26.8 Å². The van der Waals surface area contributed by atoms with E-state index < -0.39 is 20.6 Å². The molecule has 0 bridgehead atoms. The highest BCUT2D eigenvalue weighted by molar-refractivity contribution is 7.92. The third-order valence-corrected chi connectivity index (χ3v) is 5.20. The minimum Gasteiger partial charge on any atom is -0.478 e. The van der Waals surface area contributed by atoms with Gasteiger partial charge in [0.05, 0.1) is 11.3 Å². The van der Waals surface area contributed by atoms with Gasteiger partial charge in [-0.15, -0.1) is 0 Å². The summed E-state index contributed by atoms with van der Waals surface area (Å²) >= 11 is 0. The minimum atomic E-state index is -3.16. The Morgan fingerprint density at radius 2 is 2.05 bits per heavy atom. The van der Waals surface area contributed by atoms with E-state index >= 15 is 0 Å². The number of sulfone groups is 1. The van der Waals surface area contributed by atoms with Crippen molar-refractivity contribution in [3.05, 3.63) is 23.2 Å². The highest BCUT2D eigenvalue weighted by Crippen LogP contribution is 2.16. The van der Waals surface area contributed by atoms with Crippen molar-refractivity contribution in [1.82, 2.24) is 5.32 Å². The number of carbonyl (C=O) groups is 1. The third kappa shape index (κ3) is 3.81. The average molecular weight is 289 g/mol. The standard InChI is InChI=1S/C12H19NO5S/c1-8-10(11(14)15)5-9(18-8)6-13-7-12(2,3)19(4,16)17/h5,13H,6-7H2,1-4H3,(H,14,15). The number of hydrogen-bond donors (Lipinski definition) is 2. The van der Waals surface area contributed by atoms with E-state index in [9.17, 15) is 13.2 Å². The topological polar surface area (TPSA) is 96.6 Å². The predicted molar refractivity (Wildman–Crippen MR) is 71.0 cm³/mol. The second-order valence-electron chi connectivity index (χ2n) is 5.12. The van der Waals surface area contributed by atoms with E-state index in [2.05, 4.69) is 5.32 Å². The maximum atomic E-state index is 11.5. The lowest BCUT2D eigenvalue weighted by Gasteiger charge is -2.22. The van der Waals surface area contributed by atoms with Crippen LogP contribution in [0.4, 0.5) is 0 Å². The molecule has 7 heteroatoms. The molecule has 1 aromatic heterocycles. The van der Waals surface area contributed by atoms with Crippen LogP contribution in [0, 0.1) is 6.92 Å². The van der Waals surface area contributed by atoms with E-state index in [-0.39, 0.29) is 18.7 Å². The first kappa shape index (κ1) is 15.7. The summed E-state index contributed by atoms with van der Waals surface area (Å²) in [4.78, 5) is 10.8. The molecule has 1 rings (SSSR count). The number of carboxylic acid groups (broad SMARTS) is 1. The minimum absolute atomic E-state index is 0.124. The Morgan fingerprint density at radius 3 is 2.47 bits per heavy atom. The van der Waals surface area contributed by atoms with Crippen LogP contribution in [-0.2, 0) is 16.4 Å². The molecular formula is C12H19NO5S. The van der Waals surface area contributed by atoms with E-state index in [1.54, 1.807) is 20.8 Å². The van der Waals surface area contributed by atoms with E-state index in [0.29, 0.717) is 11.5 Å². The molecule has 0 amide bonds. The molecular weight excluding hydrogens is 270 g/mol. The summed E-state index contributed by atoms with van der Waals surface area (Å²) in [5.74, 6) is -0.227. The lowest BCUT2D eigenvalue weighted by atomic mass is 10.2. The summed E-state index contributed by atoms with van der Waals surface area (Å²) in [7, 11) is -3.16. The molecule has 19 heavy (non-hydrogen) atoms. The van der Waals surface area contributed by atoms with Crippen LogP contribution in [0.15, 0.2) is 10.5 Å². The Bertz CT molecular complexity index is 571. The zero-order chi connectivity index (χ0) is 14.8. The molecule has 0 aliphatic rings. The van der Waals surface area contributed by atoms with E-state index in [1.165, 1.54) is 12.3 Å². The first-order valence-electron chi connectivity index (χ1n) is 5.77. The lowest BCUT2D eigenvalue weighted by Crippen LogP contribution is -2.41. The van der Waals surface area contributed by atoms with E-state index in [1.807, 2.05) is 0 Å². The Balaban J connectivity index is 2.64. The number of carboxylic acids is 1. The van der Waals surface area contributed by atoms with E-state index in [4.69, 9.17) is 9.52 Å². The van der Waals surface area contributed by atoms with Crippen LogP contribution in [0.2, 0.25) is 0 Å². The normalized spacial score (nSPS) is 12.6. The summed E-state index contributed by atoms with van der Waals surface area (Å²) < 4.78 is 27.4. The number of furan rings is 1. The average Bonchev–Trinajstić information content (AvgIpc) is 2.57. The fourth-order valence-electron chi connectivity index (χ4n) is 1.46. The number of rotatable bonds is 6. The first-order valence-corrected chi connectivity index (χ1v) is 7.66. The van der Waals surface area contributed by atoms with Crippen LogP contribution in [-0.4, -0.2) is 37.0 Å². The molecule has 2 N–H and O–H groups in total. The summed E-state index contributed by atoms with van der Waals surface area (Å²) in [6, 6.07) is 1.44. The molecule has 0 saturated carbocycles. The monoisotopic (exact) mass is 289 g/mol. The smallest absolute Gasteiger partial charge is 0.339 e. The molecule has 0 unspecified atom stereocenters. The summed E-state index contributed by atoms with van der Waals surface area (Å²) in [6.45, 7) is 5.38. The van der Waals surface area contributed by atoms with Gasteiger partial charge in [0, 0.05) is 12.8 Å². The molecule has 1 aromatic rings. The van der Waals surface area contributed by atoms with Crippen molar-refractivity contribution >= 4 is 15.8 Å². The SMILES string of the molecule is Cc1oc(CNCC(C)(C)S(C)(=O)=O)cc1C(=O)O. The van der Waals surface area contributed by atoms with Crippen molar-refractivity contribution in [3.63, 3.8) is 0 Å². The van der Waals surface area contributed by atoms with E-state index in [0.717, 1.165) is 0 Å². The number of aromatic carboxylic acids is 1. The van der Waals surface area contributed by atoms with Crippen LogP contribution in [0.25, 0.3) is 0 Å². The fraction of sp³-hybridized carbons (Fsp3) is 0.583. The van der Waals surface area contributed by atoms with Gasteiger partial charge < -0.3 is 14.8 Å². The van der Waals surface area contributed by atoms with Crippen molar-refractivity contribution in [3.8, 4) is 0 Å². The molecule has 0 aliphatic heterocycles. The summed E-state index contributed by atoms with van der Waals surface area (Å²) in [5, 5.41) is 11.8. The predicted octanol–water partition coefficient (Wildman–Crippen LogP) is 1.20. The Hall–Kier alpha value is -1.34. The molecule has 0 atom stereocenters. The number of aryl methyl sites for hydroxylation is 1. The fourth-order valence-corrected chi connectivity index (χ4v) is 1.83.